The van der Waals surface area contributed by atoms with Crippen molar-refractivity contribution in [2.75, 3.05) is 20.2 Å². The maximum absolute atomic E-state index is 14.0. The molecule has 2 aliphatic rings. The van der Waals surface area contributed by atoms with Gasteiger partial charge in [0.15, 0.2) is 0 Å². The molecule has 1 heterocycles. The molecule has 1 saturated heterocycles. The standard InChI is InChI=1S/C23H27FN2O4S/c1-30-20-10-6-17(7-11-20)16-26(19-8-9-19)23(27)18-12-14-25(15-13-18)31(28,29)22-5-3-2-4-21(22)24/h2-7,10-11,18-19H,8-9,12-16H2,1H3. The quantitative estimate of drug-likeness (QED) is 0.654. The summed E-state index contributed by atoms with van der Waals surface area (Å²) < 4.78 is 46.1. The largest absolute Gasteiger partial charge is 0.497 e. The molecule has 1 amide bonds. The summed E-state index contributed by atoms with van der Waals surface area (Å²) in [5, 5.41) is 0. The van der Waals surface area contributed by atoms with E-state index >= 15 is 0 Å². The fourth-order valence-corrected chi connectivity index (χ4v) is 5.61. The minimum absolute atomic E-state index is 0.0845. The van der Waals surface area contributed by atoms with Gasteiger partial charge in [-0.2, -0.15) is 4.31 Å². The molecule has 4 rings (SSSR count). The van der Waals surface area contributed by atoms with Crippen molar-refractivity contribution in [3.8, 4) is 5.75 Å². The summed E-state index contributed by atoms with van der Waals surface area (Å²) >= 11 is 0. The van der Waals surface area contributed by atoms with E-state index in [1.165, 1.54) is 22.5 Å². The lowest BCUT2D eigenvalue weighted by atomic mass is 9.96. The second-order valence-corrected chi connectivity index (χ2v) is 10.1. The number of hydrogen-bond donors (Lipinski definition) is 0. The van der Waals surface area contributed by atoms with Gasteiger partial charge in [-0.3, -0.25) is 4.79 Å². The Hall–Kier alpha value is -2.45. The number of rotatable bonds is 7. The van der Waals surface area contributed by atoms with E-state index in [4.69, 9.17) is 4.74 Å². The van der Waals surface area contributed by atoms with Gasteiger partial charge in [0, 0.05) is 31.6 Å². The van der Waals surface area contributed by atoms with Crippen LogP contribution in [0.15, 0.2) is 53.4 Å². The van der Waals surface area contributed by atoms with Crippen molar-refractivity contribution >= 4 is 15.9 Å². The van der Waals surface area contributed by atoms with E-state index in [2.05, 4.69) is 0 Å². The smallest absolute Gasteiger partial charge is 0.245 e. The van der Waals surface area contributed by atoms with Gasteiger partial charge in [-0.05, 0) is 55.5 Å². The summed E-state index contributed by atoms with van der Waals surface area (Å²) in [5.74, 6) is -0.108. The molecule has 0 unspecified atom stereocenters. The van der Waals surface area contributed by atoms with Crippen LogP contribution >= 0.6 is 0 Å². The third kappa shape index (κ3) is 4.75. The zero-order valence-electron chi connectivity index (χ0n) is 17.5. The zero-order chi connectivity index (χ0) is 22.0. The number of hydrogen-bond acceptors (Lipinski definition) is 4. The number of carbonyl (C=O) groups excluding carboxylic acids is 1. The first-order chi connectivity index (χ1) is 14.9. The third-order valence-corrected chi connectivity index (χ3v) is 7.97. The molecule has 1 aliphatic heterocycles. The Labute approximate surface area is 182 Å². The van der Waals surface area contributed by atoms with Crippen LogP contribution in [0.2, 0.25) is 0 Å². The van der Waals surface area contributed by atoms with Crippen LogP contribution in [0.4, 0.5) is 4.39 Å². The minimum atomic E-state index is -3.90. The number of halogens is 1. The maximum Gasteiger partial charge on any atom is 0.245 e. The third-order valence-electron chi connectivity index (χ3n) is 6.04. The molecule has 0 N–H and O–H groups in total. The number of amides is 1. The molecule has 0 bridgehead atoms. The Morgan fingerprint density at radius 2 is 1.71 bits per heavy atom. The van der Waals surface area contributed by atoms with Crippen molar-refractivity contribution in [1.29, 1.82) is 0 Å². The lowest BCUT2D eigenvalue weighted by Gasteiger charge is -2.34. The van der Waals surface area contributed by atoms with Gasteiger partial charge in [0.1, 0.15) is 16.5 Å². The first-order valence-corrected chi connectivity index (χ1v) is 12.0. The molecule has 0 aromatic heterocycles. The number of nitrogens with zero attached hydrogens (tertiary/aromatic N) is 2. The van der Waals surface area contributed by atoms with E-state index in [0.717, 1.165) is 30.2 Å². The SMILES string of the molecule is COc1ccc(CN(C(=O)C2CCN(S(=O)(=O)c3ccccc3F)CC2)C2CC2)cc1. The highest BCUT2D eigenvalue weighted by Gasteiger charge is 2.39. The number of carbonyl (C=O) groups is 1. The topological polar surface area (TPSA) is 66.9 Å². The number of methoxy groups -OCH3 is 1. The van der Waals surface area contributed by atoms with Gasteiger partial charge >= 0.3 is 0 Å². The number of ether oxygens (including phenoxy) is 1. The Morgan fingerprint density at radius 1 is 1.06 bits per heavy atom. The molecule has 2 aromatic carbocycles. The van der Waals surface area contributed by atoms with E-state index < -0.39 is 15.8 Å². The summed E-state index contributed by atoms with van der Waals surface area (Å²) in [5.41, 5.74) is 1.04. The zero-order valence-corrected chi connectivity index (χ0v) is 18.4. The van der Waals surface area contributed by atoms with Gasteiger partial charge in [-0.15, -0.1) is 0 Å². The fourth-order valence-electron chi connectivity index (χ4n) is 4.07. The average molecular weight is 447 g/mol. The average Bonchev–Trinajstić information content (AvgIpc) is 3.63. The van der Waals surface area contributed by atoms with Crippen molar-refractivity contribution < 1.29 is 22.3 Å². The number of benzene rings is 2. The lowest BCUT2D eigenvalue weighted by molar-refractivity contribution is -0.138. The predicted octanol–water partition coefficient (Wildman–Crippen LogP) is 3.43. The van der Waals surface area contributed by atoms with Gasteiger partial charge in [0.05, 0.1) is 7.11 Å². The molecule has 2 fully saturated rings. The molecule has 0 radical (unpaired) electrons. The second kappa shape index (κ2) is 8.96. The van der Waals surface area contributed by atoms with Crippen molar-refractivity contribution in [2.45, 2.75) is 43.2 Å². The highest BCUT2D eigenvalue weighted by Crippen LogP contribution is 2.33. The summed E-state index contributed by atoms with van der Waals surface area (Å²) in [6.07, 6.45) is 2.89. The van der Waals surface area contributed by atoms with Crippen LogP contribution < -0.4 is 4.74 Å². The molecule has 6 nitrogen and oxygen atoms in total. The molecule has 2 aromatic rings. The van der Waals surface area contributed by atoms with Crippen LogP contribution in [0.5, 0.6) is 5.75 Å². The highest BCUT2D eigenvalue weighted by atomic mass is 32.2. The van der Waals surface area contributed by atoms with E-state index in [0.29, 0.717) is 19.4 Å². The van der Waals surface area contributed by atoms with Crippen molar-refractivity contribution in [3.05, 3.63) is 59.9 Å². The van der Waals surface area contributed by atoms with Gasteiger partial charge < -0.3 is 9.64 Å². The van der Waals surface area contributed by atoms with Crippen LogP contribution in [0.3, 0.4) is 0 Å². The number of sulfonamides is 1. The molecule has 166 valence electrons. The molecule has 31 heavy (non-hydrogen) atoms. The summed E-state index contributed by atoms with van der Waals surface area (Å²) in [6.45, 7) is 0.976. The first-order valence-electron chi connectivity index (χ1n) is 10.6. The van der Waals surface area contributed by atoms with Crippen LogP contribution in [-0.4, -0.2) is 49.8 Å². The van der Waals surface area contributed by atoms with Crippen LogP contribution in [0.25, 0.3) is 0 Å². The van der Waals surface area contributed by atoms with E-state index in [9.17, 15) is 17.6 Å². The molecular weight excluding hydrogens is 419 g/mol. The Balaban J connectivity index is 1.41. The number of piperidine rings is 1. The summed E-state index contributed by atoms with van der Waals surface area (Å²) in [6, 6.07) is 13.4. The first kappa shape index (κ1) is 21.8. The van der Waals surface area contributed by atoms with Crippen molar-refractivity contribution in [2.24, 2.45) is 5.92 Å². The lowest BCUT2D eigenvalue weighted by Crippen LogP contribution is -2.45. The highest BCUT2D eigenvalue weighted by molar-refractivity contribution is 7.89. The molecule has 8 heteroatoms. The normalized spacial score (nSPS) is 18.0. The second-order valence-electron chi connectivity index (χ2n) is 8.15. The Kier molecular flexibility index (Phi) is 6.29. The van der Waals surface area contributed by atoms with Gasteiger partial charge in [-0.1, -0.05) is 24.3 Å². The molecule has 1 saturated carbocycles. The van der Waals surface area contributed by atoms with E-state index in [-0.39, 0.29) is 35.9 Å². The monoisotopic (exact) mass is 446 g/mol. The van der Waals surface area contributed by atoms with Crippen molar-refractivity contribution in [1.82, 2.24) is 9.21 Å². The van der Waals surface area contributed by atoms with Crippen LogP contribution in [0, 0.1) is 11.7 Å². The summed E-state index contributed by atoms with van der Waals surface area (Å²) in [4.78, 5) is 14.9. The molecule has 0 spiro atoms. The Morgan fingerprint density at radius 3 is 2.29 bits per heavy atom. The minimum Gasteiger partial charge on any atom is -0.497 e. The van der Waals surface area contributed by atoms with Crippen LogP contribution in [-0.2, 0) is 21.4 Å². The van der Waals surface area contributed by atoms with Gasteiger partial charge in [0.25, 0.3) is 0 Å². The predicted molar refractivity (Wildman–Crippen MR) is 114 cm³/mol. The van der Waals surface area contributed by atoms with E-state index in [1.54, 1.807) is 7.11 Å². The molecule has 1 aliphatic carbocycles. The molecule has 0 atom stereocenters. The molecular formula is C23H27FN2O4S. The van der Waals surface area contributed by atoms with Crippen molar-refractivity contribution in [3.63, 3.8) is 0 Å². The van der Waals surface area contributed by atoms with Crippen LogP contribution in [0.1, 0.15) is 31.2 Å². The Bertz CT molecular complexity index is 1030. The van der Waals surface area contributed by atoms with Gasteiger partial charge in [-0.25, -0.2) is 12.8 Å². The summed E-state index contributed by atoms with van der Waals surface area (Å²) in [7, 11) is -2.28. The van der Waals surface area contributed by atoms with Gasteiger partial charge in [0.2, 0.25) is 15.9 Å². The maximum atomic E-state index is 14.0. The fraction of sp³-hybridized carbons (Fsp3) is 0.435. The van der Waals surface area contributed by atoms with E-state index in [1.807, 2.05) is 29.2 Å².